The lowest BCUT2D eigenvalue weighted by Crippen LogP contribution is -2.21. The van der Waals surface area contributed by atoms with Gasteiger partial charge < -0.3 is 10.5 Å². The van der Waals surface area contributed by atoms with E-state index in [2.05, 4.69) is 10.2 Å². The molecule has 1 aromatic heterocycles. The molecule has 0 unspecified atom stereocenters. The van der Waals surface area contributed by atoms with Crippen molar-refractivity contribution in [3.05, 3.63) is 58.1 Å². The molecule has 5 nitrogen and oxygen atoms in total. The molecule has 1 aromatic carbocycles. The molecule has 1 atom stereocenters. The Labute approximate surface area is 118 Å². The number of fused-ring (bicyclic) bond motifs is 1. The van der Waals surface area contributed by atoms with Crippen LogP contribution in [0.2, 0.25) is 0 Å². The Hall–Kier alpha value is -2.88. The van der Waals surface area contributed by atoms with Crippen molar-refractivity contribution in [3.8, 4) is 11.9 Å². The largest absolute Gasteiger partial charge is 0.420 e. The maximum Gasteiger partial charge on any atom is 0.244 e. The molecule has 3 rings (SSSR count). The lowest BCUT2D eigenvalue weighted by molar-refractivity contribution is 0.377. The van der Waals surface area contributed by atoms with E-state index < -0.39 is 17.6 Å². The van der Waals surface area contributed by atoms with Gasteiger partial charge in [-0.2, -0.15) is 5.26 Å². The number of H-pyrrole nitrogens is 1. The van der Waals surface area contributed by atoms with Crippen LogP contribution >= 0.6 is 0 Å². The molecule has 0 spiro atoms. The number of rotatable bonds is 1. The van der Waals surface area contributed by atoms with Crippen molar-refractivity contribution in [2.24, 2.45) is 5.73 Å². The molecular formula is C14H10F2N4O. The maximum absolute atomic E-state index is 14.1. The molecule has 2 aromatic rings. The van der Waals surface area contributed by atoms with Crippen molar-refractivity contribution in [1.82, 2.24) is 10.2 Å². The predicted molar refractivity (Wildman–Crippen MR) is 69.0 cm³/mol. The summed E-state index contributed by atoms with van der Waals surface area (Å²) in [5.41, 5.74) is 6.81. The third-order valence-electron chi connectivity index (χ3n) is 3.42. The van der Waals surface area contributed by atoms with Gasteiger partial charge in [0.1, 0.15) is 11.6 Å². The SMILES string of the molecule is Cc1[nH]nc2c1[C@@H](c1cccc(F)c1F)C(C#N)=C(N)O2. The van der Waals surface area contributed by atoms with Gasteiger partial charge >= 0.3 is 0 Å². The first-order valence-electron chi connectivity index (χ1n) is 6.11. The number of aryl methyl sites for hydroxylation is 1. The van der Waals surface area contributed by atoms with Gasteiger partial charge in [-0.1, -0.05) is 12.1 Å². The summed E-state index contributed by atoms with van der Waals surface area (Å²) in [6.07, 6.45) is 0. The molecule has 0 saturated carbocycles. The zero-order chi connectivity index (χ0) is 15.1. The summed E-state index contributed by atoms with van der Waals surface area (Å²) < 4.78 is 32.9. The number of halogens is 2. The van der Waals surface area contributed by atoms with Gasteiger partial charge in [-0.05, 0) is 13.0 Å². The summed E-state index contributed by atoms with van der Waals surface area (Å²) in [5.74, 6) is -2.86. The zero-order valence-corrected chi connectivity index (χ0v) is 10.9. The van der Waals surface area contributed by atoms with Gasteiger partial charge in [-0.25, -0.2) is 8.78 Å². The fourth-order valence-corrected chi connectivity index (χ4v) is 2.45. The number of benzene rings is 1. The van der Waals surface area contributed by atoms with Crippen LogP contribution in [0.4, 0.5) is 8.78 Å². The Balaban J connectivity index is 2.30. The minimum atomic E-state index is -1.02. The standard InChI is InChI=1S/C14H10F2N4O/c1-6-10-11(7-3-2-4-9(15)12(7)16)8(5-17)13(18)21-14(10)20-19-6/h2-4,11H,18H2,1H3,(H,19,20)/t11-/m0/s1. The van der Waals surface area contributed by atoms with E-state index in [0.29, 0.717) is 11.3 Å². The number of aromatic nitrogens is 2. The van der Waals surface area contributed by atoms with Crippen molar-refractivity contribution in [1.29, 1.82) is 5.26 Å². The minimum Gasteiger partial charge on any atom is -0.420 e. The highest BCUT2D eigenvalue weighted by molar-refractivity contribution is 5.55. The van der Waals surface area contributed by atoms with Gasteiger partial charge in [0.05, 0.1) is 5.92 Å². The Morgan fingerprint density at radius 2 is 2.19 bits per heavy atom. The zero-order valence-electron chi connectivity index (χ0n) is 10.9. The van der Waals surface area contributed by atoms with Crippen molar-refractivity contribution in [3.63, 3.8) is 0 Å². The fourth-order valence-electron chi connectivity index (χ4n) is 2.45. The van der Waals surface area contributed by atoms with Crippen LogP contribution in [0.1, 0.15) is 22.7 Å². The average Bonchev–Trinajstić information content (AvgIpc) is 2.82. The van der Waals surface area contributed by atoms with E-state index in [1.54, 1.807) is 6.92 Å². The number of allylic oxidation sites excluding steroid dienone is 1. The molecule has 0 saturated heterocycles. The third-order valence-corrected chi connectivity index (χ3v) is 3.42. The van der Waals surface area contributed by atoms with E-state index >= 15 is 0 Å². The van der Waals surface area contributed by atoms with Crippen LogP contribution in [0.3, 0.4) is 0 Å². The molecule has 0 bridgehead atoms. The lowest BCUT2D eigenvalue weighted by Gasteiger charge is -2.23. The Morgan fingerprint density at radius 1 is 1.43 bits per heavy atom. The molecule has 3 N–H and O–H groups in total. The number of nitrogens with one attached hydrogen (secondary N) is 1. The third kappa shape index (κ3) is 1.84. The van der Waals surface area contributed by atoms with Gasteiger partial charge in [0.25, 0.3) is 0 Å². The summed E-state index contributed by atoms with van der Waals surface area (Å²) in [4.78, 5) is 0. The maximum atomic E-state index is 14.1. The summed E-state index contributed by atoms with van der Waals surface area (Å²) in [5, 5.41) is 15.9. The number of hydrogen-bond acceptors (Lipinski definition) is 4. The molecule has 0 radical (unpaired) electrons. The van der Waals surface area contributed by atoms with E-state index in [0.717, 1.165) is 6.07 Å². The monoisotopic (exact) mass is 288 g/mol. The van der Waals surface area contributed by atoms with E-state index in [1.165, 1.54) is 12.1 Å². The first-order chi connectivity index (χ1) is 10.0. The molecule has 0 amide bonds. The summed E-state index contributed by atoms with van der Waals surface area (Å²) in [6, 6.07) is 5.71. The smallest absolute Gasteiger partial charge is 0.244 e. The first-order valence-corrected chi connectivity index (χ1v) is 6.11. The number of nitrogens with zero attached hydrogens (tertiary/aromatic N) is 2. The van der Waals surface area contributed by atoms with Gasteiger partial charge in [0.2, 0.25) is 11.8 Å². The second kappa shape index (κ2) is 4.59. The highest BCUT2D eigenvalue weighted by atomic mass is 19.2. The number of nitrogens with two attached hydrogens (primary N) is 1. The van der Waals surface area contributed by atoms with E-state index in [-0.39, 0.29) is 22.9 Å². The van der Waals surface area contributed by atoms with Gasteiger partial charge in [-0.3, -0.25) is 5.10 Å². The van der Waals surface area contributed by atoms with E-state index in [1.807, 2.05) is 6.07 Å². The highest BCUT2D eigenvalue weighted by Crippen LogP contribution is 2.43. The molecule has 106 valence electrons. The van der Waals surface area contributed by atoms with Gasteiger partial charge in [0, 0.05) is 16.8 Å². The van der Waals surface area contributed by atoms with Crippen LogP contribution in [0.15, 0.2) is 29.7 Å². The van der Waals surface area contributed by atoms with Crippen molar-refractivity contribution < 1.29 is 13.5 Å². The number of nitriles is 1. The minimum absolute atomic E-state index is 0.0172. The van der Waals surface area contributed by atoms with Crippen LogP contribution in [-0.2, 0) is 0 Å². The quantitative estimate of drug-likeness (QED) is 0.842. The molecule has 21 heavy (non-hydrogen) atoms. The Bertz CT molecular complexity index is 804. The predicted octanol–water partition coefficient (Wildman–Crippen LogP) is 2.21. The van der Waals surface area contributed by atoms with Crippen LogP contribution in [-0.4, -0.2) is 10.2 Å². The average molecular weight is 288 g/mol. The molecule has 2 heterocycles. The number of ether oxygens (including phenoxy) is 1. The van der Waals surface area contributed by atoms with E-state index in [9.17, 15) is 14.0 Å². The van der Waals surface area contributed by atoms with Gasteiger partial charge in [0.15, 0.2) is 11.6 Å². The molecular weight excluding hydrogens is 278 g/mol. The van der Waals surface area contributed by atoms with Crippen molar-refractivity contribution in [2.45, 2.75) is 12.8 Å². The van der Waals surface area contributed by atoms with Crippen molar-refractivity contribution in [2.75, 3.05) is 0 Å². The van der Waals surface area contributed by atoms with Gasteiger partial charge in [-0.15, -0.1) is 5.10 Å². The van der Waals surface area contributed by atoms with Crippen LogP contribution in [0.5, 0.6) is 5.88 Å². The first kappa shape index (κ1) is 13.1. The lowest BCUT2D eigenvalue weighted by atomic mass is 9.84. The van der Waals surface area contributed by atoms with Crippen LogP contribution < -0.4 is 10.5 Å². The second-order valence-electron chi connectivity index (χ2n) is 4.64. The topological polar surface area (TPSA) is 87.7 Å². The Morgan fingerprint density at radius 3 is 2.90 bits per heavy atom. The van der Waals surface area contributed by atoms with E-state index in [4.69, 9.17) is 10.5 Å². The molecule has 1 aliphatic heterocycles. The second-order valence-corrected chi connectivity index (χ2v) is 4.64. The van der Waals surface area contributed by atoms with Crippen LogP contribution in [0, 0.1) is 29.9 Å². The van der Waals surface area contributed by atoms with Crippen molar-refractivity contribution >= 4 is 0 Å². The number of hydrogen-bond donors (Lipinski definition) is 2. The molecule has 0 aliphatic carbocycles. The molecule has 7 heteroatoms. The van der Waals surface area contributed by atoms with Crippen LogP contribution in [0.25, 0.3) is 0 Å². The normalized spacial score (nSPS) is 17.1. The summed E-state index contributed by atoms with van der Waals surface area (Å²) >= 11 is 0. The highest BCUT2D eigenvalue weighted by Gasteiger charge is 2.36. The summed E-state index contributed by atoms with van der Waals surface area (Å²) in [7, 11) is 0. The molecule has 1 aliphatic rings. The fraction of sp³-hybridized carbons (Fsp3) is 0.143. The Kier molecular flexibility index (Phi) is 2.87. The number of aromatic amines is 1. The summed E-state index contributed by atoms with van der Waals surface area (Å²) in [6.45, 7) is 1.70. The molecule has 0 fully saturated rings.